The van der Waals surface area contributed by atoms with Crippen LogP contribution in [0.3, 0.4) is 0 Å². The highest BCUT2D eigenvalue weighted by molar-refractivity contribution is 7.13. The molecule has 0 saturated carbocycles. The summed E-state index contributed by atoms with van der Waals surface area (Å²) in [6, 6.07) is 0. The SMILES string of the molecule is CN=CC(=CN)NC(=O)c1csc(-c2cnccn2)n1. The Hall–Kier alpha value is -2.61. The molecule has 0 aliphatic rings. The maximum Gasteiger partial charge on any atom is 0.275 e. The van der Waals surface area contributed by atoms with Crippen LogP contribution in [0.2, 0.25) is 0 Å². The average Bonchev–Trinajstić information content (AvgIpc) is 2.97. The summed E-state index contributed by atoms with van der Waals surface area (Å²) in [7, 11) is 1.59. The topological polar surface area (TPSA) is 106 Å². The Bertz CT molecular complexity index is 649. The lowest BCUT2D eigenvalue weighted by atomic mass is 10.4. The largest absolute Gasteiger partial charge is 0.403 e. The second kappa shape index (κ2) is 6.53. The van der Waals surface area contributed by atoms with E-state index < -0.39 is 0 Å². The fourth-order valence-electron chi connectivity index (χ4n) is 1.36. The summed E-state index contributed by atoms with van der Waals surface area (Å²) >= 11 is 1.32. The third kappa shape index (κ3) is 3.23. The first-order chi connectivity index (χ1) is 9.74. The Labute approximate surface area is 119 Å². The molecule has 0 saturated heterocycles. The molecule has 0 aliphatic carbocycles. The normalized spacial score (nSPS) is 11.8. The van der Waals surface area contributed by atoms with Gasteiger partial charge in [0.15, 0.2) is 0 Å². The number of thiazole rings is 1. The van der Waals surface area contributed by atoms with Crippen molar-refractivity contribution in [2.24, 2.45) is 10.7 Å². The third-order valence-corrected chi connectivity index (χ3v) is 3.09. The Balaban J connectivity index is 2.15. The number of allylic oxidation sites excluding steroid dienone is 1. The van der Waals surface area contributed by atoms with Crippen LogP contribution in [0.1, 0.15) is 10.5 Å². The van der Waals surface area contributed by atoms with E-state index in [4.69, 9.17) is 5.73 Å². The Morgan fingerprint density at radius 3 is 3.00 bits per heavy atom. The van der Waals surface area contributed by atoms with Crippen molar-refractivity contribution in [1.29, 1.82) is 0 Å². The van der Waals surface area contributed by atoms with Crippen molar-refractivity contribution in [2.45, 2.75) is 0 Å². The second-order valence-electron chi connectivity index (χ2n) is 3.59. The number of amides is 1. The Morgan fingerprint density at radius 1 is 1.50 bits per heavy atom. The van der Waals surface area contributed by atoms with E-state index in [2.05, 4.69) is 25.3 Å². The van der Waals surface area contributed by atoms with Gasteiger partial charge in [0.2, 0.25) is 0 Å². The van der Waals surface area contributed by atoms with Crippen LogP contribution in [0.4, 0.5) is 0 Å². The first-order valence-electron chi connectivity index (χ1n) is 5.62. The van der Waals surface area contributed by atoms with Gasteiger partial charge in [-0.25, -0.2) is 4.98 Å². The highest BCUT2D eigenvalue weighted by Gasteiger charge is 2.13. The van der Waals surface area contributed by atoms with E-state index in [0.717, 1.165) is 0 Å². The molecule has 2 heterocycles. The molecular weight excluding hydrogens is 276 g/mol. The number of aliphatic imine (C=N–C) groups is 1. The Morgan fingerprint density at radius 2 is 2.35 bits per heavy atom. The summed E-state index contributed by atoms with van der Waals surface area (Å²) in [5.74, 6) is -0.354. The van der Waals surface area contributed by atoms with Crippen molar-refractivity contribution in [2.75, 3.05) is 7.05 Å². The fraction of sp³-hybridized carbons (Fsp3) is 0.0833. The molecule has 0 fully saturated rings. The lowest BCUT2D eigenvalue weighted by molar-refractivity contribution is 0.0964. The number of hydrogen-bond acceptors (Lipinski definition) is 7. The number of nitrogens with two attached hydrogens (primary N) is 1. The average molecular weight is 288 g/mol. The zero-order valence-corrected chi connectivity index (χ0v) is 11.5. The third-order valence-electron chi connectivity index (χ3n) is 2.22. The molecule has 0 aliphatic heterocycles. The van der Waals surface area contributed by atoms with E-state index in [1.165, 1.54) is 23.8 Å². The van der Waals surface area contributed by atoms with Crippen LogP contribution in [-0.4, -0.2) is 34.1 Å². The summed E-state index contributed by atoms with van der Waals surface area (Å²) < 4.78 is 0. The first-order valence-corrected chi connectivity index (χ1v) is 6.50. The molecule has 0 atom stereocenters. The first kappa shape index (κ1) is 13.8. The van der Waals surface area contributed by atoms with Gasteiger partial charge in [-0.2, -0.15) is 0 Å². The van der Waals surface area contributed by atoms with Crippen LogP contribution < -0.4 is 11.1 Å². The molecule has 0 aromatic carbocycles. The van der Waals surface area contributed by atoms with Crippen LogP contribution >= 0.6 is 11.3 Å². The quantitative estimate of drug-likeness (QED) is 0.810. The molecule has 0 spiro atoms. The highest BCUT2D eigenvalue weighted by Crippen LogP contribution is 2.20. The maximum atomic E-state index is 12.0. The zero-order chi connectivity index (χ0) is 14.4. The zero-order valence-electron chi connectivity index (χ0n) is 10.6. The maximum absolute atomic E-state index is 12.0. The van der Waals surface area contributed by atoms with Gasteiger partial charge in [0.1, 0.15) is 16.4 Å². The van der Waals surface area contributed by atoms with Crippen LogP contribution in [-0.2, 0) is 0 Å². The van der Waals surface area contributed by atoms with Crippen LogP contribution in [0.25, 0.3) is 10.7 Å². The predicted molar refractivity (Wildman–Crippen MR) is 77.3 cm³/mol. The minimum absolute atomic E-state index is 0.291. The van der Waals surface area contributed by atoms with Gasteiger partial charge in [0.25, 0.3) is 5.91 Å². The van der Waals surface area contributed by atoms with Crippen molar-refractivity contribution >= 4 is 23.5 Å². The molecule has 2 rings (SSSR count). The number of carbonyl (C=O) groups is 1. The second-order valence-corrected chi connectivity index (χ2v) is 4.45. The molecule has 0 bridgehead atoms. The van der Waals surface area contributed by atoms with Crippen molar-refractivity contribution in [1.82, 2.24) is 20.3 Å². The lowest BCUT2D eigenvalue weighted by Gasteiger charge is -2.01. The summed E-state index contributed by atoms with van der Waals surface area (Å²) in [5.41, 5.74) is 6.70. The molecule has 0 radical (unpaired) electrons. The number of carbonyl (C=O) groups excluding carboxylic acids is 1. The van der Waals surface area contributed by atoms with Crippen LogP contribution in [0.5, 0.6) is 0 Å². The predicted octanol–water partition coefficient (Wildman–Crippen LogP) is 0.831. The fourth-order valence-corrected chi connectivity index (χ4v) is 2.12. The molecule has 8 heteroatoms. The van der Waals surface area contributed by atoms with Crippen molar-refractivity contribution in [3.63, 3.8) is 0 Å². The number of aromatic nitrogens is 3. The van der Waals surface area contributed by atoms with Gasteiger partial charge in [-0.1, -0.05) is 0 Å². The van der Waals surface area contributed by atoms with E-state index in [1.807, 2.05) is 0 Å². The van der Waals surface area contributed by atoms with Crippen LogP contribution in [0.15, 0.2) is 40.9 Å². The number of hydrogen-bond donors (Lipinski definition) is 2. The summed E-state index contributed by atoms with van der Waals surface area (Å²) in [5, 5.41) is 4.88. The smallest absolute Gasteiger partial charge is 0.275 e. The van der Waals surface area contributed by atoms with Gasteiger partial charge in [-0.05, 0) is 0 Å². The van der Waals surface area contributed by atoms with E-state index >= 15 is 0 Å². The van der Waals surface area contributed by atoms with Gasteiger partial charge < -0.3 is 11.1 Å². The lowest BCUT2D eigenvalue weighted by Crippen LogP contribution is -2.24. The van der Waals surface area contributed by atoms with Gasteiger partial charge in [-0.15, -0.1) is 11.3 Å². The molecule has 2 aromatic heterocycles. The minimum Gasteiger partial charge on any atom is -0.403 e. The highest BCUT2D eigenvalue weighted by atomic mass is 32.1. The van der Waals surface area contributed by atoms with E-state index in [9.17, 15) is 4.79 Å². The van der Waals surface area contributed by atoms with Gasteiger partial charge >= 0.3 is 0 Å². The molecule has 3 N–H and O–H groups in total. The van der Waals surface area contributed by atoms with Crippen molar-refractivity contribution in [3.05, 3.63) is 41.6 Å². The molecular formula is C12H12N6OS. The summed E-state index contributed by atoms with van der Waals surface area (Å²) in [4.78, 5) is 28.1. The van der Waals surface area contributed by atoms with Crippen molar-refractivity contribution in [3.8, 4) is 10.7 Å². The standard InChI is InChI=1S/C12H12N6OS/c1-14-5-8(4-13)17-11(19)10-7-20-12(18-10)9-6-15-2-3-16-9/h2-7H,13H2,1H3,(H,17,19). The van der Waals surface area contributed by atoms with Gasteiger partial charge in [0.05, 0.1) is 11.9 Å². The Kier molecular flexibility index (Phi) is 4.51. The minimum atomic E-state index is -0.354. The van der Waals surface area contributed by atoms with E-state index in [0.29, 0.717) is 22.1 Å². The van der Waals surface area contributed by atoms with E-state index in [-0.39, 0.29) is 5.91 Å². The summed E-state index contributed by atoms with van der Waals surface area (Å²) in [6.45, 7) is 0. The molecule has 0 unspecified atom stereocenters. The molecule has 1 amide bonds. The number of nitrogens with zero attached hydrogens (tertiary/aromatic N) is 4. The summed E-state index contributed by atoms with van der Waals surface area (Å²) in [6.07, 6.45) is 7.46. The molecule has 102 valence electrons. The van der Waals surface area contributed by atoms with Gasteiger partial charge in [-0.3, -0.25) is 19.8 Å². The molecule has 7 nitrogen and oxygen atoms in total. The van der Waals surface area contributed by atoms with Gasteiger partial charge in [0, 0.05) is 37.2 Å². The van der Waals surface area contributed by atoms with Crippen molar-refractivity contribution < 1.29 is 4.79 Å². The molecule has 2 aromatic rings. The monoisotopic (exact) mass is 288 g/mol. The number of nitrogens with one attached hydrogen (secondary N) is 1. The van der Waals surface area contributed by atoms with Crippen LogP contribution in [0, 0.1) is 0 Å². The number of rotatable bonds is 4. The molecule has 20 heavy (non-hydrogen) atoms. The van der Waals surface area contributed by atoms with E-state index in [1.54, 1.807) is 31.0 Å².